The van der Waals surface area contributed by atoms with E-state index in [0.717, 1.165) is 11.3 Å². The molecule has 0 radical (unpaired) electrons. The second-order valence-electron chi connectivity index (χ2n) is 6.02. The number of amides is 1. The fourth-order valence-corrected chi connectivity index (χ4v) is 1.99. The van der Waals surface area contributed by atoms with Crippen LogP contribution >= 0.6 is 0 Å². The molecule has 0 unspecified atom stereocenters. The monoisotopic (exact) mass is 301 g/mol. The molecule has 0 bridgehead atoms. The number of halogens is 1. The summed E-state index contributed by atoms with van der Waals surface area (Å²) in [5.41, 5.74) is 0.860. The topological polar surface area (TPSA) is 38.3 Å². The highest BCUT2D eigenvalue weighted by Gasteiger charge is 2.15. The predicted molar refractivity (Wildman–Crippen MR) is 84.4 cm³/mol. The Morgan fingerprint density at radius 1 is 1.14 bits per heavy atom. The summed E-state index contributed by atoms with van der Waals surface area (Å²) in [4.78, 5) is 12.0. The van der Waals surface area contributed by atoms with Crippen molar-refractivity contribution in [2.45, 2.75) is 32.9 Å². The van der Waals surface area contributed by atoms with Crippen molar-refractivity contribution in [2.75, 3.05) is 0 Å². The third-order valence-corrected chi connectivity index (χ3v) is 2.91. The smallest absolute Gasteiger partial charge is 0.251 e. The average Bonchev–Trinajstić information content (AvgIpc) is 2.44. The summed E-state index contributed by atoms with van der Waals surface area (Å²) in [5.74, 6) is -0.0104. The van der Waals surface area contributed by atoms with Crippen LogP contribution in [0.25, 0.3) is 0 Å². The maximum atomic E-state index is 13.1. The lowest BCUT2D eigenvalue weighted by Crippen LogP contribution is -2.26. The third kappa shape index (κ3) is 4.58. The van der Waals surface area contributed by atoms with Crippen LogP contribution in [0.5, 0.6) is 5.75 Å². The van der Waals surface area contributed by atoms with E-state index < -0.39 is 5.82 Å². The van der Waals surface area contributed by atoms with Gasteiger partial charge in [0, 0.05) is 17.7 Å². The molecule has 0 saturated carbocycles. The summed E-state index contributed by atoms with van der Waals surface area (Å²) in [6.45, 7) is 6.22. The van der Waals surface area contributed by atoms with Gasteiger partial charge in [0.25, 0.3) is 5.91 Å². The van der Waals surface area contributed by atoms with Gasteiger partial charge in [-0.3, -0.25) is 4.79 Å². The maximum absolute atomic E-state index is 13.1. The van der Waals surface area contributed by atoms with Crippen LogP contribution in [0.1, 0.15) is 36.7 Å². The zero-order valence-electron chi connectivity index (χ0n) is 13.0. The van der Waals surface area contributed by atoms with E-state index in [1.807, 2.05) is 45.0 Å². The molecule has 0 heterocycles. The lowest BCUT2D eigenvalue weighted by Gasteiger charge is -2.23. The van der Waals surface area contributed by atoms with Crippen molar-refractivity contribution in [3.8, 4) is 5.75 Å². The average molecular weight is 301 g/mol. The molecule has 2 aromatic carbocycles. The number of rotatable bonds is 4. The molecule has 0 fully saturated rings. The van der Waals surface area contributed by atoms with Gasteiger partial charge in [0.15, 0.2) is 0 Å². The van der Waals surface area contributed by atoms with E-state index in [1.165, 1.54) is 18.2 Å². The fourth-order valence-electron chi connectivity index (χ4n) is 1.99. The van der Waals surface area contributed by atoms with E-state index in [4.69, 9.17) is 4.74 Å². The summed E-state index contributed by atoms with van der Waals surface area (Å²) in [7, 11) is 0. The lowest BCUT2D eigenvalue weighted by atomic mass is 10.1. The van der Waals surface area contributed by atoms with E-state index in [9.17, 15) is 9.18 Å². The van der Waals surface area contributed by atoms with E-state index >= 15 is 0 Å². The quantitative estimate of drug-likeness (QED) is 0.929. The number of hydrogen-bond acceptors (Lipinski definition) is 2. The molecular weight excluding hydrogens is 281 g/mol. The first kappa shape index (κ1) is 16.0. The van der Waals surface area contributed by atoms with Crippen molar-refractivity contribution in [1.29, 1.82) is 0 Å². The molecule has 1 N–H and O–H groups in total. The van der Waals surface area contributed by atoms with Crippen molar-refractivity contribution in [1.82, 2.24) is 5.32 Å². The minimum atomic E-state index is -0.427. The summed E-state index contributed by atoms with van der Waals surface area (Å²) in [6.07, 6.45) is 0. The van der Waals surface area contributed by atoms with Gasteiger partial charge in [0.2, 0.25) is 0 Å². The van der Waals surface area contributed by atoms with Gasteiger partial charge in [-0.25, -0.2) is 4.39 Å². The van der Waals surface area contributed by atoms with Gasteiger partial charge in [-0.15, -0.1) is 0 Å². The molecule has 0 aromatic heterocycles. The molecule has 1 amide bonds. The van der Waals surface area contributed by atoms with Gasteiger partial charge in [0.1, 0.15) is 17.2 Å². The SMILES string of the molecule is CC(C)(C)Oc1ccccc1CNC(=O)c1cccc(F)c1. The Hall–Kier alpha value is -2.36. The van der Waals surface area contributed by atoms with Gasteiger partial charge in [-0.05, 0) is 45.0 Å². The Labute approximate surface area is 130 Å². The first-order chi connectivity index (χ1) is 10.3. The largest absolute Gasteiger partial charge is 0.488 e. The molecule has 4 heteroatoms. The van der Waals surface area contributed by atoms with Gasteiger partial charge in [-0.1, -0.05) is 24.3 Å². The molecule has 2 rings (SSSR count). The molecule has 0 atom stereocenters. The Morgan fingerprint density at radius 3 is 2.55 bits per heavy atom. The van der Waals surface area contributed by atoms with Gasteiger partial charge >= 0.3 is 0 Å². The summed E-state index contributed by atoms with van der Waals surface area (Å²) in [5, 5.41) is 2.78. The molecule has 22 heavy (non-hydrogen) atoms. The summed E-state index contributed by atoms with van der Waals surface area (Å²) < 4.78 is 19.0. The predicted octanol–water partition coefficient (Wildman–Crippen LogP) is 3.93. The van der Waals surface area contributed by atoms with Crippen molar-refractivity contribution in [3.05, 3.63) is 65.5 Å². The van der Waals surface area contributed by atoms with E-state index in [2.05, 4.69) is 5.32 Å². The van der Waals surface area contributed by atoms with Crippen LogP contribution in [-0.2, 0) is 6.54 Å². The molecule has 3 nitrogen and oxygen atoms in total. The van der Waals surface area contributed by atoms with Crippen LogP contribution in [-0.4, -0.2) is 11.5 Å². The number of carbonyl (C=O) groups excluding carboxylic acids is 1. The Kier molecular flexibility index (Phi) is 4.81. The molecule has 0 saturated heterocycles. The van der Waals surface area contributed by atoms with E-state index in [-0.39, 0.29) is 11.5 Å². The fraction of sp³-hybridized carbons (Fsp3) is 0.278. The number of hydrogen-bond donors (Lipinski definition) is 1. The van der Waals surface area contributed by atoms with E-state index in [0.29, 0.717) is 12.1 Å². The van der Waals surface area contributed by atoms with Crippen LogP contribution < -0.4 is 10.1 Å². The van der Waals surface area contributed by atoms with E-state index in [1.54, 1.807) is 6.07 Å². The Balaban J connectivity index is 2.07. The van der Waals surface area contributed by atoms with Crippen LogP contribution in [0.4, 0.5) is 4.39 Å². The standard InChI is InChI=1S/C18H20FNO2/c1-18(2,3)22-16-10-5-4-7-14(16)12-20-17(21)13-8-6-9-15(19)11-13/h4-11H,12H2,1-3H3,(H,20,21). The van der Waals surface area contributed by atoms with Gasteiger partial charge in [-0.2, -0.15) is 0 Å². The van der Waals surface area contributed by atoms with Crippen molar-refractivity contribution in [3.63, 3.8) is 0 Å². The molecule has 0 aliphatic rings. The minimum Gasteiger partial charge on any atom is -0.488 e. The number of carbonyl (C=O) groups is 1. The Morgan fingerprint density at radius 2 is 1.86 bits per heavy atom. The summed E-state index contributed by atoms with van der Waals surface area (Å²) >= 11 is 0. The lowest BCUT2D eigenvalue weighted by molar-refractivity contribution is 0.0949. The molecule has 116 valence electrons. The maximum Gasteiger partial charge on any atom is 0.251 e. The van der Waals surface area contributed by atoms with Crippen molar-refractivity contribution in [2.24, 2.45) is 0 Å². The van der Waals surface area contributed by atoms with Crippen LogP contribution in [0.15, 0.2) is 48.5 Å². The summed E-state index contributed by atoms with van der Waals surface area (Å²) in [6, 6.07) is 13.2. The van der Waals surface area contributed by atoms with Crippen molar-refractivity contribution >= 4 is 5.91 Å². The zero-order valence-corrected chi connectivity index (χ0v) is 13.0. The third-order valence-electron chi connectivity index (χ3n) is 2.91. The number of nitrogens with one attached hydrogen (secondary N) is 1. The van der Waals surface area contributed by atoms with Crippen molar-refractivity contribution < 1.29 is 13.9 Å². The van der Waals surface area contributed by atoms with Crippen LogP contribution in [0, 0.1) is 5.82 Å². The highest BCUT2D eigenvalue weighted by atomic mass is 19.1. The molecule has 2 aromatic rings. The minimum absolute atomic E-state index is 0.300. The highest BCUT2D eigenvalue weighted by molar-refractivity contribution is 5.94. The normalized spacial score (nSPS) is 11.1. The molecular formula is C18H20FNO2. The first-order valence-corrected chi connectivity index (χ1v) is 7.16. The molecule has 0 aliphatic heterocycles. The van der Waals surface area contributed by atoms with Crippen LogP contribution in [0.2, 0.25) is 0 Å². The number of para-hydroxylation sites is 1. The number of benzene rings is 2. The Bertz CT molecular complexity index is 662. The zero-order chi connectivity index (χ0) is 16.2. The van der Waals surface area contributed by atoms with Gasteiger partial charge < -0.3 is 10.1 Å². The molecule has 0 spiro atoms. The van der Waals surface area contributed by atoms with Crippen LogP contribution in [0.3, 0.4) is 0 Å². The number of ether oxygens (including phenoxy) is 1. The molecule has 0 aliphatic carbocycles. The second kappa shape index (κ2) is 6.60. The second-order valence-corrected chi connectivity index (χ2v) is 6.02. The highest BCUT2D eigenvalue weighted by Crippen LogP contribution is 2.22. The first-order valence-electron chi connectivity index (χ1n) is 7.16. The van der Waals surface area contributed by atoms with Gasteiger partial charge in [0.05, 0.1) is 0 Å².